The predicted octanol–water partition coefficient (Wildman–Crippen LogP) is 1.47. The Balaban J connectivity index is 1.91. The second-order valence-corrected chi connectivity index (χ2v) is 4.82. The van der Waals surface area contributed by atoms with Crippen molar-refractivity contribution in [2.24, 2.45) is 11.8 Å². The van der Waals surface area contributed by atoms with Crippen LogP contribution in [-0.4, -0.2) is 19.6 Å². The van der Waals surface area contributed by atoms with Crippen molar-refractivity contribution < 1.29 is 0 Å². The molecule has 2 aliphatic rings. The molecule has 2 nitrogen and oxygen atoms in total. The van der Waals surface area contributed by atoms with Crippen molar-refractivity contribution in [3.8, 4) is 0 Å². The van der Waals surface area contributed by atoms with Crippen LogP contribution in [0.2, 0.25) is 0 Å². The van der Waals surface area contributed by atoms with Crippen LogP contribution in [0.4, 0.5) is 0 Å². The second kappa shape index (κ2) is 3.62. The molecule has 1 aromatic rings. The smallest absolute Gasteiger partial charge is 0.0367 e. The zero-order chi connectivity index (χ0) is 10.3. The van der Waals surface area contributed by atoms with Gasteiger partial charge in [-0.2, -0.15) is 0 Å². The molecule has 0 radical (unpaired) electrons. The summed E-state index contributed by atoms with van der Waals surface area (Å²) < 4.78 is 0. The lowest BCUT2D eigenvalue weighted by atomic mass is 9.88. The standard InChI is InChI=1S/C13H18N2/c1-9-4-2-3-5-11(9)13-12-8-14-6-10(12)7-15-13/h2-5,10,12-15H,6-8H2,1H3/t10-,12-,13-/m0/s1. The molecule has 2 saturated heterocycles. The van der Waals surface area contributed by atoms with Gasteiger partial charge in [-0.1, -0.05) is 24.3 Å². The lowest BCUT2D eigenvalue weighted by molar-refractivity contribution is 0.449. The summed E-state index contributed by atoms with van der Waals surface area (Å²) in [4.78, 5) is 0. The molecule has 15 heavy (non-hydrogen) atoms. The van der Waals surface area contributed by atoms with E-state index in [-0.39, 0.29) is 0 Å². The molecule has 2 aliphatic heterocycles. The van der Waals surface area contributed by atoms with Gasteiger partial charge in [0.05, 0.1) is 0 Å². The van der Waals surface area contributed by atoms with Crippen LogP contribution in [-0.2, 0) is 0 Å². The number of hydrogen-bond donors (Lipinski definition) is 2. The Morgan fingerprint density at radius 3 is 2.87 bits per heavy atom. The summed E-state index contributed by atoms with van der Waals surface area (Å²) in [6.45, 7) is 5.76. The largest absolute Gasteiger partial charge is 0.316 e. The van der Waals surface area contributed by atoms with Gasteiger partial charge in [0.1, 0.15) is 0 Å². The van der Waals surface area contributed by atoms with Crippen LogP contribution in [0.1, 0.15) is 17.2 Å². The summed E-state index contributed by atoms with van der Waals surface area (Å²) in [6, 6.07) is 9.34. The molecule has 0 unspecified atom stereocenters. The summed E-state index contributed by atoms with van der Waals surface area (Å²) in [5.41, 5.74) is 2.91. The van der Waals surface area contributed by atoms with Crippen LogP contribution in [0.25, 0.3) is 0 Å². The normalized spacial score (nSPS) is 34.3. The third-order valence-electron chi connectivity index (χ3n) is 3.94. The molecule has 80 valence electrons. The van der Waals surface area contributed by atoms with Gasteiger partial charge in [-0.3, -0.25) is 0 Å². The van der Waals surface area contributed by atoms with Crippen molar-refractivity contribution in [3.05, 3.63) is 35.4 Å². The van der Waals surface area contributed by atoms with Gasteiger partial charge in [-0.25, -0.2) is 0 Å². The monoisotopic (exact) mass is 202 g/mol. The fraction of sp³-hybridized carbons (Fsp3) is 0.538. The van der Waals surface area contributed by atoms with Gasteiger partial charge in [0.15, 0.2) is 0 Å². The van der Waals surface area contributed by atoms with E-state index in [0.717, 1.165) is 11.8 Å². The van der Waals surface area contributed by atoms with E-state index in [2.05, 4.69) is 41.8 Å². The summed E-state index contributed by atoms with van der Waals surface area (Å²) in [6.07, 6.45) is 0. The van der Waals surface area contributed by atoms with Crippen LogP contribution in [0.3, 0.4) is 0 Å². The molecule has 0 saturated carbocycles. The van der Waals surface area contributed by atoms with E-state index >= 15 is 0 Å². The van der Waals surface area contributed by atoms with E-state index in [4.69, 9.17) is 0 Å². The molecule has 0 bridgehead atoms. The van der Waals surface area contributed by atoms with Gasteiger partial charge in [0.2, 0.25) is 0 Å². The maximum atomic E-state index is 3.68. The van der Waals surface area contributed by atoms with Crippen molar-refractivity contribution in [3.63, 3.8) is 0 Å². The highest BCUT2D eigenvalue weighted by Crippen LogP contribution is 2.36. The molecule has 0 spiro atoms. The maximum absolute atomic E-state index is 3.68. The highest BCUT2D eigenvalue weighted by Gasteiger charge is 2.39. The Bertz CT molecular complexity index is 361. The first-order valence-corrected chi connectivity index (χ1v) is 5.86. The summed E-state index contributed by atoms with van der Waals surface area (Å²) in [5, 5.41) is 7.18. The Morgan fingerprint density at radius 2 is 2.00 bits per heavy atom. The zero-order valence-corrected chi connectivity index (χ0v) is 9.16. The van der Waals surface area contributed by atoms with Gasteiger partial charge in [0, 0.05) is 19.1 Å². The lowest BCUT2D eigenvalue weighted by Crippen LogP contribution is -2.24. The number of hydrogen-bond acceptors (Lipinski definition) is 2. The quantitative estimate of drug-likeness (QED) is 0.720. The molecule has 3 rings (SSSR count). The molecule has 2 heterocycles. The van der Waals surface area contributed by atoms with Crippen LogP contribution in [0, 0.1) is 18.8 Å². The second-order valence-electron chi connectivity index (χ2n) is 4.82. The van der Waals surface area contributed by atoms with E-state index in [1.54, 1.807) is 0 Å². The van der Waals surface area contributed by atoms with Crippen LogP contribution < -0.4 is 10.6 Å². The maximum Gasteiger partial charge on any atom is 0.0367 e. The minimum atomic E-state index is 0.575. The van der Waals surface area contributed by atoms with Crippen molar-refractivity contribution in [2.45, 2.75) is 13.0 Å². The molecular weight excluding hydrogens is 184 g/mol. The number of nitrogens with one attached hydrogen (secondary N) is 2. The Labute approximate surface area is 91.1 Å². The topological polar surface area (TPSA) is 24.1 Å². The highest BCUT2D eigenvalue weighted by atomic mass is 15.0. The van der Waals surface area contributed by atoms with Gasteiger partial charge >= 0.3 is 0 Å². The number of fused-ring (bicyclic) bond motifs is 1. The number of rotatable bonds is 1. The van der Waals surface area contributed by atoms with Crippen LogP contribution in [0.15, 0.2) is 24.3 Å². The zero-order valence-electron chi connectivity index (χ0n) is 9.16. The Kier molecular flexibility index (Phi) is 2.26. The average Bonchev–Trinajstić information content (AvgIpc) is 2.80. The van der Waals surface area contributed by atoms with E-state index in [9.17, 15) is 0 Å². The highest BCUT2D eigenvalue weighted by molar-refractivity contribution is 5.30. The van der Waals surface area contributed by atoms with Crippen molar-refractivity contribution in [1.29, 1.82) is 0 Å². The molecule has 0 aliphatic carbocycles. The summed E-state index contributed by atoms with van der Waals surface area (Å²) in [7, 11) is 0. The average molecular weight is 202 g/mol. The number of benzene rings is 1. The van der Waals surface area contributed by atoms with E-state index < -0.39 is 0 Å². The Morgan fingerprint density at radius 1 is 1.13 bits per heavy atom. The van der Waals surface area contributed by atoms with Gasteiger partial charge < -0.3 is 10.6 Å². The lowest BCUT2D eigenvalue weighted by Gasteiger charge is -2.20. The summed E-state index contributed by atoms with van der Waals surface area (Å²) in [5.74, 6) is 1.64. The van der Waals surface area contributed by atoms with Crippen molar-refractivity contribution in [2.75, 3.05) is 19.6 Å². The molecule has 0 aromatic heterocycles. The predicted molar refractivity (Wildman–Crippen MR) is 61.8 cm³/mol. The first kappa shape index (κ1) is 9.37. The third-order valence-corrected chi connectivity index (χ3v) is 3.94. The van der Waals surface area contributed by atoms with Crippen LogP contribution >= 0.6 is 0 Å². The molecule has 2 N–H and O–H groups in total. The molecule has 3 atom stereocenters. The first-order valence-electron chi connectivity index (χ1n) is 5.86. The molecule has 1 aromatic carbocycles. The van der Waals surface area contributed by atoms with Gasteiger partial charge in [-0.15, -0.1) is 0 Å². The SMILES string of the molecule is Cc1ccccc1[C@@H]1NC[C@@H]2CNC[C@@H]21. The molecule has 2 heteroatoms. The van der Waals surface area contributed by atoms with Crippen LogP contribution in [0.5, 0.6) is 0 Å². The molecular formula is C13H18N2. The van der Waals surface area contributed by atoms with Gasteiger partial charge in [-0.05, 0) is 36.4 Å². The van der Waals surface area contributed by atoms with Crippen molar-refractivity contribution >= 4 is 0 Å². The molecule has 0 amide bonds. The third kappa shape index (κ3) is 1.48. The fourth-order valence-electron chi connectivity index (χ4n) is 3.07. The molecule has 2 fully saturated rings. The van der Waals surface area contributed by atoms with E-state index in [1.807, 2.05) is 0 Å². The first-order chi connectivity index (χ1) is 7.36. The van der Waals surface area contributed by atoms with Gasteiger partial charge in [0.25, 0.3) is 0 Å². The minimum Gasteiger partial charge on any atom is -0.316 e. The van der Waals surface area contributed by atoms with Crippen molar-refractivity contribution in [1.82, 2.24) is 10.6 Å². The van der Waals surface area contributed by atoms with E-state index in [1.165, 1.54) is 30.8 Å². The Hall–Kier alpha value is -0.860. The van der Waals surface area contributed by atoms with E-state index in [0.29, 0.717) is 6.04 Å². The number of aryl methyl sites for hydroxylation is 1. The fourth-order valence-corrected chi connectivity index (χ4v) is 3.07. The minimum absolute atomic E-state index is 0.575. The summed E-state index contributed by atoms with van der Waals surface area (Å²) >= 11 is 0.